The Balaban J connectivity index is 1.83. The largest absolute Gasteiger partial charge is 0.331 e. The van der Waals surface area contributed by atoms with Crippen molar-refractivity contribution in [3.8, 4) is 0 Å². The number of carbonyl (C=O) groups excluding carboxylic acids is 1. The summed E-state index contributed by atoms with van der Waals surface area (Å²) in [4.78, 5) is 19.8. The molecular formula is C18H22N2OS. The van der Waals surface area contributed by atoms with Crippen LogP contribution in [0.2, 0.25) is 0 Å². The van der Waals surface area contributed by atoms with Gasteiger partial charge in [-0.1, -0.05) is 49.1 Å². The van der Waals surface area contributed by atoms with Gasteiger partial charge in [-0.2, -0.15) is 0 Å². The lowest BCUT2D eigenvalue weighted by Crippen LogP contribution is -2.40. The number of rotatable bonds is 4. The third kappa shape index (κ3) is 3.55. The Kier molecular flexibility index (Phi) is 4.88. The number of aryl methyl sites for hydroxylation is 1. The Morgan fingerprint density at radius 2 is 2.14 bits per heavy atom. The van der Waals surface area contributed by atoms with Crippen LogP contribution in [-0.2, 0) is 6.54 Å². The summed E-state index contributed by atoms with van der Waals surface area (Å²) in [7, 11) is 0. The molecule has 1 aromatic heterocycles. The smallest absolute Gasteiger partial charge is 0.266 e. The number of nitrogens with zero attached hydrogens (tertiary/aromatic N) is 2. The summed E-state index contributed by atoms with van der Waals surface area (Å²) in [6.45, 7) is 2.79. The van der Waals surface area contributed by atoms with E-state index in [1.807, 2.05) is 0 Å². The van der Waals surface area contributed by atoms with Crippen LogP contribution < -0.4 is 0 Å². The topological polar surface area (TPSA) is 33.2 Å². The van der Waals surface area contributed by atoms with Crippen molar-refractivity contribution in [1.82, 2.24) is 9.88 Å². The van der Waals surface area contributed by atoms with E-state index < -0.39 is 0 Å². The lowest BCUT2D eigenvalue weighted by molar-refractivity contribution is 0.0619. The third-order valence-corrected chi connectivity index (χ3v) is 5.12. The minimum atomic E-state index is 0.135. The van der Waals surface area contributed by atoms with Gasteiger partial charge in [-0.05, 0) is 25.3 Å². The summed E-state index contributed by atoms with van der Waals surface area (Å²) in [6.07, 6.45) is 7.69. The van der Waals surface area contributed by atoms with Gasteiger partial charge >= 0.3 is 0 Å². The Morgan fingerprint density at radius 1 is 1.32 bits per heavy atom. The Labute approximate surface area is 136 Å². The number of benzene rings is 1. The molecule has 0 atom stereocenters. The van der Waals surface area contributed by atoms with Crippen LogP contribution in [0.4, 0.5) is 0 Å². The molecule has 3 nitrogen and oxygen atoms in total. The minimum Gasteiger partial charge on any atom is -0.331 e. The normalized spacial score (nSPS) is 15.7. The van der Waals surface area contributed by atoms with E-state index in [4.69, 9.17) is 0 Å². The van der Waals surface area contributed by atoms with Gasteiger partial charge in [-0.25, -0.2) is 0 Å². The first-order valence-electron chi connectivity index (χ1n) is 7.99. The van der Waals surface area contributed by atoms with Crippen LogP contribution in [0.3, 0.4) is 0 Å². The quantitative estimate of drug-likeness (QED) is 0.836. The molecule has 22 heavy (non-hydrogen) atoms. The summed E-state index contributed by atoms with van der Waals surface area (Å²) in [5, 5.41) is 0. The van der Waals surface area contributed by atoms with E-state index in [1.54, 1.807) is 11.7 Å². The van der Waals surface area contributed by atoms with Gasteiger partial charge in [0.25, 0.3) is 5.91 Å². The van der Waals surface area contributed by atoms with Gasteiger partial charge in [0.05, 0.1) is 11.7 Å². The molecule has 0 radical (unpaired) electrons. The minimum absolute atomic E-state index is 0.135. The molecule has 0 N–H and O–H groups in total. The van der Waals surface area contributed by atoms with Crippen LogP contribution in [0.1, 0.15) is 52.9 Å². The molecule has 0 saturated heterocycles. The number of hydrogen-bond acceptors (Lipinski definition) is 3. The van der Waals surface area contributed by atoms with Gasteiger partial charge in [0.1, 0.15) is 4.88 Å². The third-order valence-electron chi connectivity index (χ3n) is 4.35. The van der Waals surface area contributed by atoms with Crippen molar-refractivity contribution in [2.45, 2.75) is 51.6 Å². The van der Waals surface area contributed by atoms with Gasteiger partial charge < -0.3 is 4.90 Å². The van der Waals surface area contributed by atoms with Crippen LogP contribution in [-0.4, -0.2) is 21.8 Å². The molecule has 0 spiro atoms. The van der Waals surface area contributed by atoms with E-state index in [-0.39, 0.29) is 5.91 Å². The number of thiazole rings is 1. The van der Waals surface area contributed by atoms with Crippen molar-refractivity contribution in [3.05, 3.63) is 52.0 Å². The molecule has 1 heterocycles. The molecule has 1 amide bonds. The number of amides is 1. The molecule has 116 valence electrons. The molecule has 0 bridgehead atoms. The molecule has 1 saturated carbocycles. The molecule has 4 heteroatoms. The maximum atomic E-state index is 12.9. The van der Waals surface area contributed by atoms with E-state index >= 15 is 0 Å². The first kappa shape index (κ1) is 15.2. The predicted octanol–water partition coefficient (Wildman–Crippen LogP) is 4.43. The summed E-state index contributed by atoms with van der Waals surface area (Å²) in [6, 6.07) is 8.82. The van der Waals surface area contributed by atoms with Crippen molar-refractivity contribution >= 4 is 17.2 Å². The Hall–Kier alpha value is -1.68. The average molecular weight is 314 g/mol. The molecule has 2 aromatic rings. The lowest BCUT2D eigenvalue weighted by Gasteiger charge is -2.34. The van der Waals surface area contributed by atoms with Gasteiger partial charge in [0.15, 0.2) is 0 Å². The summed E-state index contributed by atoms with van der Waals surface area (Å²) < 4.78 is 0. The Bertz CT molecular complexity index is 618. The van der Waals surface area contributed by atoms with Gasteiger partial charge in [-0.15, -0.1) is 11.3 Å². The number of hydrogen-bond donors (Lipinski definition) is 0. The van der Waals surface area contributed by atoms with Crippen LogP contribution >= 0.6 is 11.3 Å². The van der Waals surface area contributed by atoms with E-state index in [1.165, 1.54) is 41.7 Å². The Morgan fingerprint density at radius 3 is 2.82 bits per heavy atom. The van der Waals surface area contributed by atoms with E-state index in [0.717, 1.165) is 17.7 Å². The molecule has 1 aliphatic carbocycles. The molecule has 0 unspecified atom stereocenters. The van der Waals surface area contributed by atoms with Gasteiger partial charge in [-0.3, -0.25) is 9.78 Å². The molecule has 1 aromatic carbocycles. The van der Waals surface area contributed by atoms with Crippen LogP contribution in [0.5, 0.6) is 0 Å². The average Bonchev–Trinajstić information content (AvgIpc) is 3.07. The first-order valence-corrected chi connectivity index (χ1v) is 8.87. The zero-order valence-electron chi connectivity index (χ0n) is 13.0. The SMILES string of the molecule is Cc1cccc(CN(C(=O)c2cncs2)C2CCCCC2)c1. The van der Waals surface area contributed by atoms with Crippen molar-refractivity contribution < 1.29 is 4.79 Å². The van der Waals surface area contributed by atoms with Crippen molar-refractivity contribution in [2.75, 3.05) is 0 Å². The van der Waals surface area contributed by atoms with Crippen molar-refractivity contribution in [2.24, 2.45) is 0 Å². The number of carbonyl (C=O) groups is 1. The summed E-state index contributed by atoms with van der Waals surface area (Å²) >= 11 is 1.43. The fraction of sp³-hybridized carbons (Fsp3) is 0.444. The van der Waals surface area contributed by atoms with Gasteiger partial charge in [0, 0.05) is 12.6 Å². The zero-order valence-corrected chi connectivity index (χ0v) is 13.8. The highest BCUT2D eigenvalue weighted by Gasteiger charge is 2.27. The highest BCUT2D eigenvalue weighted by molar-refractivity contribution is 7.11. The summed E-state index contributed by atoms with van der Waals surface area (Å²) in [5.74, 6) is 0.135. The maximum Gasteiger partial charge on any atom is 0.266 e. The molecule has 3 rings (SSSR count). The van der Waals surface area contributed by atoms with Gasteiger partial charge in [0.2, 0.25) is 0 Å². The standard InChI is InChI=1S/C18H22N2OS/c1-14-6-5-7-15(10-14)12-20(16-8-3-2-4-9-16)18(21)17-11-19-13-22-17/h5-7,10-11,13,16H,2-4,8-9,12H2,1H3. The predicted molar refractivity (Wildman–Crippen MR) is 90.0 cm³/mol. The zero-order chi connectivity index (χ0) is 15.4. The first-order chi connectivity index (χ1) is 10.7. The fourth-order valence-corrected chi connectivity index (χ4v) is 3.80. The highest BCUT2D eigenvalue weighted by atomic mass is 32.1. The van der Waals surface area contributed by atoms with Crippen molar-refractivity contribution in [1.29, 1.82) is 0 Å². The fourth-order valence-electron chi connectivity index (χ4n) is 3.23. The van der Waals surface area contributed by atoms with E-state index in [0.29, 0.717) is 12.6 Å². The second kappa shape index (κ2) is 7.05. The van der Waals surface area contributed by atoms with E-state index in [9.17, 15) is 4.79 Å². The second-order valence-corrected chi connectivity index (χ2v) is 6.97. The van der Waals surface area contributed by atoms with Crippen molar-refractivity contribution in [3.63, 3.8) is 0 Å². The molecule has 1 fully saturated rings. The highest BCUT2D eigenvalue weighted by Crippen LogP contribution is 2.26. The lowest BCUT2D eigenvalue weighted by atomic mass is 9.93. The molecular weight excluding hydrogens is 292 g/mol. The molecule has 1 aliphatic rings. The molecule has 0 aliphatic heterocycles. The van der Waals surface area contributed by atoms with Crippen LogP contribution in [0.15, 0.2) is 36.0 Å². The number of aromatic nitrogens is 1. The van der Waals surface area contributed by atoms with Crippen LogP contribution in [0.25, 0.3) is 0 Å². The second-order valence-electron chi connectivity index (χ2n) is 6.08. The summed E-state index contributed by atoms with van der Waals surface area (Å²) in [5.41, 5.74) is 4.19. The van der Waals surface area contributed by atoms with E-state index in [2.05, 4.69) is 41.1 Å². The van der Waals surface area contributed by atoms with Crippen LogP contribution in [0, 0.1) is 6.92 Å². The maximum absolute atomic E-state index is 12.9. The monoisotopic (exact) mass is 314 g/mol.